The Hall–Kier alpha value is -2.13. The van der Waals surface area contributed by atoms with Crippen molar-refractivity contribution in [3.05, 3.63) is 29.8 Å². The van der Waals surface area contributed by atoms with Crippen LogP contribution >= 0.6 is 0 Å². The van der Waals surface area contributed by atoms with Crippen molar-refractivity contribution >= 4 is 17.5 Å². The number of alkyl halides is 3. The van der Waals surface area contributed by atoms with Gasteiger partial charge < -0.3 is 15.0 Å². The molecule has 154 valence electrons. The molecule has 0 radical (unpaired) electrons. The molecule has 1 N–H and O–H groups in total. The summed E-state index contributed by atoms with van der Waals surface area (Å²) in [4.78, 5) is 28.4. The highest BCUT2D eigenvalue weighted by atomic mass is 19.4. The van der Waals surface area contributed by atoms with Gasteiger partial charge >= 0.3 is 6.18 Å². The first-order valence-corrected chi connectivity index (χ1v) is 9.39. The number of hydrogen-bond acceptors (Lipinski definition) is 4. The summed E-state index contributed by atoms with van der Waals surface area (Å²) >= 11 is 0. The minimum absolute atomic E-state index is 0.00229. The first-order chi connectivity index (χ1) is 13.3. The topological polar surface area (TPSA) is 61.9 Å². The molecule has 2 heterocycles. The summed E-state index contributed by atoms with van der Waals surface area (Å²) in [6.07, 6.45) is -3.06. The van der Waals surface area contributed by atoms with E-state index in [1.807, 2.05) is 9.80 Å². The monoisotopic (exact) mass is 399 g/mol. The van der Waals surface area contributed by atoms with Crippen LogP contribution in [0.4, 0.5) is 18.9 Å². The fraction of sp³-hybridized carbons (Fsp3) is 0.579. The lowest BCUT2D eigenvalue weighted by molar-refractivity contribution is -0.140. The van der Waals surface area contributed by atoms with E-state index < -0.39 is 17.6 Å². The zero-order valence-corrected chi connectivity index (χ0v) is 15.5. The fourth-order valence-corrected chi connectivity index (χ4v) is 3.56. The van der Waals surface area contributed by atoms with Crippen LogP contribution in [0.5, 0.6) is 0 Å². The van der Waals surface area contributed by atoms with E-state index in [2.05, 4.69) is 5.32 Å². The third-order valence-corrected chi connectivity index (χ3v) is 5.13. The molecule has 1 aromatic rings. The van der Waals surface area contributed by atoms with Gasteiger partial charge in [-0.15, -0.1) is 0 Å². The van der Waals surface area contributed by atoms with Crippen molar-refractivity contribution in [2.75, 3.05) is 51.3 Å². The van der Waals surface area contributed by atoms with Crippen molar-refractivity contribution in [2.45, 2.75) is 19.0 Å². The molecule has 2 aliphatic heterocycles. The zero-order valence-electron chi connectivity index (χ0n) is 15.5. The Balaban J connectivity index is 1.48. The number of anilines is 1. The molecule has 9 heteroatoms. The van der Waals surface area contributed by atoms with Gasteiger partial charge in [-0.3, -0.25) is 14.5 Å². The summed E-state index contributed by atoms with van der Waals surface area (Å²) in [5, 5.41) is 2.36. The lowest BCUT2D eigenvalue weighted by Gasteiger charge is -2.36. The van der Waals surface area contributed by atoms with E-state index in [0.29, 0.717) is 39.4 Å². The fourth-order valence-electron chi connectivity index (χ4n) is 3.56. The Bertz CT molecular complexity index is 697. The van der Waals surface area contributed by atoms with Crippen molar-refractivity contribution in [3.63, 3.8) is 0 Å². The van der Waals surface area contributed by atoms with Gasteiger partial charge in [-0.05, 0) is 25.0 Å². The first kappa shape index (κ1) is 20.6. The standard InChI is InChI=1S/C19H24F3N3O3/c20-19(21,22)15-3-1-2-4-16(15)23-17(26)13-24-7-9-25(10-8-24)18(27)14-5-11-28-12-6-14/h1-4,14H,5-13H2,(H,23,26). The number of ether oxygens (including phenoxy) is 1. The summed E-state index contributed by atoms with van der Waals surface area (Å²) in [6, 6.07) is 4.92. The molecule has 0 saturated carbocycles. The van der Waals surface area contributed by atoms with Crippen LogP contribution in [0.1, 0.15) is 18.4 Å². The molecule has 0 spiro atoms. The van der Waals surface area contributed by atoms with Gasteiger partial charge in [0.2, 0.25) is 11.8 Å². The second-order valence-electron chi connectivity index (χ2n) is 7.08. The number of piperazine rings is 1. The molecular weight excluding hydrogens is 375 g/mol. The van der Waals surface area contributed by atoms with Gasteiger partial charge in [0.05, 0.1) is 17.8 Å². The van der Waals surface area contributed by atoms with Crippen LogP contribution in [0.2, 0.25) is 0 Å². The largest absolute Gasteiger partial charge is 0.418 e. The number of benzene rings is 1. The number of amides is 2. The molecule has 0 bridgehead atoms. The van der Waals surface area contributed by atoms with Crippen LogP contribution < -0.4 is 5.32 Å². The smallest absolute Gasteiger partial charge is 0.381 e. The van der Waals surface area contributed by atoms with Crippen LogP contribution in [0.15, 0.2) is 24.3 Å². The minimum atomic E-state index is -4.53. The van der Waals surface area contributed by atoms with Gasteiger partial charge in [-0.2, -0.15) is 13.2 Å². The van der Waals surface area contributed by atoms with Crippen LogP contribution in [0, 0.1) is 5.92 Å². The number of para-hydroxylation sites is 1. The lowest BCUT2D eigenvalue weighted by Crippen LogP contribution is -2.52. The molecule has 0 atom stereocenters. The highest BCUT2D eigenvalue weighted by Gasteiger charge is 2.34. The maximum Gasteiger partial charge on any atom is 0.418 e. The number of carbonyl (C=O) groups excluding carboxylic acids is 2. The second-order valence-corrected chi connectivity index (χ2v) is 7.08. The Morgan fingerprint density at radius 3 is 2.36 bits per heavy atom. The van der Waals surface area contributed by atoms with Crippen molar-refractivity contribution in [2.24, 2.45) is 5.92 Å². The van der Waals surface area contributed by atoms with E-state index in [1.54, 1.807) is 0 Å². The van der Waals surface area contributed by atoms with E-state index in [9.17, 15) is 22.8 Å². The van der Waals surface area contributed by atoms with Gasteiger partial charge in [-0.1, -0.05) is 12.1 Å². The molecule has 0 aliphatic carbocycles. The first-order valence-electron chi connectivity index (χ1n) is 9.39. The SMILES string of the molecule is O=C(CN1CCN(C(=O)C2CCOCC2)CC1)Nc1ccccc1C(F)(F)F. The molecule has 28 heavy (non-hydrogen) atoms. The molecule has 2 aliphatic rings. The Morgan fingerprint density at radius 1 is 1.07 bits per heavy atom. The third kappa shape index (κ3) is 5.23. The number of nitrogens with one attached hydrogen (secondary N) is 1. The maximum absolute atomic E-state index is 13.0. The maximum atomic E-state index is 13.0. The number of halogens is 3. The molecule has 6 nitrogen and oxygen atoms in total. The van der Waals surface area contributed by atoms with Crippen molar-refractivity contribution < 1.29 is 27.5 Å². The average Bonchev–Trinajstić information content (AvgIpc) is 2.68. The Labute approximate surface area is 161 Å². The van der Waals surface area contributed by atoms with E-state index in [1.165, 1.54) is 18.2 Å². The zero-order chi connectivity index (χ0) is 20.1. The van der Waals surface area contributed by atoms with Crippen LogP contribution in [0.3, 0.4) is 0 Å². The number of rotatable bonds is 4. The van der Waals surface area contributed by atoms with Gasteiger partial charge in [0.1, 0.15) is 0 Å². The van der Waals surface area contributed by atoms with Crippen molar-refractivity contribution in [1.29, 1.82) is 0 Å². The molecule has 0 unspecified atom stereocenters. The predicted octanol–water partition coefficient (Wildman–Crippen LogP) is 2.21. The molecule has 2 saturated heterocycles. The van der Waals surface area contributed by atoms with E-state index in [4.69, 9.17) is 4.74 Å². The van der Waals surface area contributed by atoms with E-state index in [-0.39, 0.29) is 24.1 Å². The molecular formula is C19H24F3N3O3. The summed E-state index contributed by atoms with van der Waals surface area (Å²) in [7, 11) is 0. The Kier molecular flexibility index (Phi) is 6.56. The normalized spacial score (nSPS) is 19.5. The molecule has 2 amide bonds. The van der Waals surface area contributed by atoms with E-state index >= 15 is 0 Å². The lowest BCUT2D eigenvalue weighted by atomic mass is 9.98. The predicted molar refractivity (Wildman–Crippen MR) is 96.6 cm³/mol. The van der Waals surface area contributed by atoms with Gasteiger partial charge in [0.15, 0.2) is 0 Å². The van der Waals surface area contributed by atoms with Gasteiger partial charge in [0.25, 0.3) is 0 Å². The summed E-state index contributed by atoms with van der Waals surface area (Å²) < 4.78 is 44.4. The van der Waals surface area contributed by atoms with Gasteiger partial charge in [0, 0.05) is 45.3 Å². The molecule has 0 aromatic heterocycles. The molecule has 1 aromatic carbocycles. The summed E-state index contributed by atoms with van der Waals surface area (Å²) in [5.74, 6) is -0.366. The summed E-state index contributed by atoms with van der Waals surface area (Å²) in [6.45, 7) is 3.27. The van der Waals surface area contributed by atoms with Crippen LogP contribution in [-0.4, -0.2) is 67.6 Å². The van der Waals surface area contributed by atoms with Crippen molar-refractivity contribution in [1.82, 2.24) is 9.80 Å². The minimum Gasteiger partial charge on any atom is -0.381 e. The van der Waals surface area contributed by atoms with E-state index in [0.717, 1.165) is 18.9 Å². The quantitative estimate of drug-likeness (QED) is 0.844. The number of nitrogens with zero attached hydrogens (tertiary/aromatic N) is 2. The van der Waals surface area contributed by atoms with Crippen molar-refractivity contribution in [3.8, 4) is 0 Å². The second kappa shape index (κ2) is 8.91. The Morgan fingerprint density at radius 2 is 1.71 bits per heavy atom. The van der Waals surface area contributed by atoms with Gasteiger partial charge in [-0.25, -0.2) is 0 Å². The highest BCUT2D eigenvalue weighted by molar-refractivity contribution is 5.93. The highest BCUT2D eigenvalue weighted by Crippen LogP contribution is 2.34. The third-order valence-electron chi connectivity index (χ3n) is 5.13. The number of carbonyl (C=O) groups is 2. The van der Waals surface area contributed by atoms with Crippen LogP contribution in [-0.2, 0) is 20.5 Å². The number of hydrogen-bond donors (Lipinski definition) is 1. The summed E-state index contributed by atoms with van der Waals surface area (Å²) in [5.41, 5.74) is -1.11. The average molecular weight is 399 g/mol. The molecule has 3 rings (SSSR count). The molecule has 2 fully saturated rings. The van der Waals surface area contributed by atoms with Crippen LogP contribution in [0.25, 0.3) is 0 Å².